The van der Waals surface area contributed by atoms with Crippen LogP contribution >= 0.6 is 15.9 Å². The molecule has 0 radical (unpaired) electrons. The fourth-order valence-electron chi connectivity index (χ4n) is 4.33. The van der Waals surface area contributed by atoms with E-state index in [0.717, 1.165) is 15.1 Å². The average molecular weight is 590 g/mol. The largest absolute Gasteiger partial charge is 0.370 e. The van der Waals surface area contributed by atoms with Crippen molar-refractivity contribution >= 4 is 33.7 Å². The Bertz CT molecular complexity index is 1480. The predicted octanol–water partition coefficient (Wildman–Crippen LogP) is 3.70. The van der Waals surface area contributed by atoms with Crippen molar-refractivity contribution in [3.63, 3.8) is 0 Å². The summed E-state index contributed by atoms with van der Waals surface area (Å²) in [7, 11) is 0. The lowest BCUT2D eigenvalue weighted by molar-refractivity contribution is -0.899. The molecule has 9 heteroatoms. The summed E-state index contributed by atoms with van der Waals surface area (Å²) in [6, 6.07) is 22.5. The Balaban J connectivity index is 1.55. The molecule has 2 N–H and O–H groups in total. The molecule has 1 fully saturated rings. The number of quaternary nitrogens is 1. The first kappa shape index (κ1) is 26.7. The number of aromatic nitrogens is 2. The van der Waals surface area contributed by atoms with Crippen molar-refractivity contribution in [2.75, 3.05) is 32.8 Å². The number of ether oxygens (including phenoxy) is 1. The molecule has 0 bridgehead atoms. The molecule has 1 aliphatic heterocycles. The van der Waals surface area contributed by atoms with Gasteiger partial charge in [0.2, 0.25) is 5.78 Å². The van der Waals surface area contributed by atoms with Gasteiger partial charge < -0.3 is 15.0 Å². The molecular formula is C30H27BrFN4O3+. The molecule has 1 saturated heterocycles. The minimum atomic E-state index is -0.391. The van der Waals surface area contributed by atoms with E-state index < -0.39 is 5.91 Å². The molecule has 198 valence electrons. The SMILES string of the molecule is O=C(C[NH+]1CCOCC1)C(=Cc1cn(-c2ccccc2)nc1-c1ccc(F)cc1)NC(=O)c1ccc(Br)cc1. The van der Waals surface area contributed by atoms with Crippen LogP contribution in [-0.4, -0.2) is 54.3 Å². The summed E-state index contributed by atoms with van der Waals surface area (Å²) >= 11 is 3.38. The number of nitrogens with one attached hydrogen (secondary N) is 2. The molecule has 2 heterocycles. The molecule has 0 unspecified atom stereocenters. The Morgan fingerprint density at radius 3 is 2.38 bits per heavy atom. The summed E-state index contributed by atoms with van der Waals surface area (Å²) < 4.78 is 21.7. The lowest BCUT2D eigenvalue weighted by Gasteiger charge is -2.23. The molecule has 39 heavy (non-hydrogen) atoms. The molecule has 4 aromatic rings. The minimum absolute atomic E-state index is 0.165. The van der Waals surface area contributed by atoms with E-state index in [-0.39, 0.29) is 23.8 Å². The lowest BCUT2D eigenvalue weighted by Crippen LogP contribution is -3.15. The van der Waals surface area contributed by atoms with Crippen molar-refractivity contribution < 1.29 is 23.6 Å². The number of rotatable bonds is 8. The summed E-state index contributed by atoms with van der Waals surface area (Å²) in [6.45, 7) is 2.82. The van der Waals surface area contributed by atoms with Gasteiger partial charge in [0.25, 0.3) is 5.91 Å². The molecule has 0 spiro atoms. The van der Waals surface area contributed by atoms with Crippen LogP contribution < -0.4 is 10.2 Å². The van der Waals surface area contributed by atoms with Crippen LogP contribution in [0.4, 0.5) is 4.39 Å². The second kappa shape index (κ2) is 12.3. The van der Waals surface area contributed by atoms with Crippen LogP contribution in [0.25, 0.3) is 23.0 Å². The Morgan fingerprint density at radius 1 is 1.00 bits per heavy atom. The number of ketones is 1. The van der Waals surface area contributed by atoms with Gasteiger partial charge in [-0.25, -0.2) is 9.07 Å². The van der Waals surface area contributed by atoms with Crippen LogP contribution in [0.15, 0.2) is 95.2 Å². The summed E-state index contributed by atoms with van der Waals surface area (Å²) in [5.74, 6) is -0.947. The van der Waals surface area contributed by atoms with Crippen molar-refractivity contribution in [1.29, 1.82) is 0 Å². The lowest BCUT2D eigenvalue weighted by atomic mass is 10.1. The third-order valence-electron chi connectivity index (χ3n) is 6.45. The van der Waals surface area contributed by atoms with E-state index in [1.165, 1.54) is 12.1 Å². The standard InChI is InChI=1S/C30H26BrFN4O3/c31-24-10-6-22(7-11-24)30(38)33-27(28(37)20-35-14-16-39-17-15-35)18-23-19-36(26-4-2-1-3-5-26)34-29(23)21-8-12-25(32)13-9-21/h1-13,18-19H,14-17,20H2,(H,33,38)/p+1. The van der Waals surface area contributed by atoms with Crippen LogP contribution in [-0.2, 0) is 9.53 Å². The minimum Gasteiger partial charge on any atom is -0.370 e. The number of carbonyl (C=O) groups is 2. The molecule has 1 aliphatic rings. The molecule has 5 rings (SSSR count). The van der Waals surface area contributed by atoms with Gasteiger partial charge >= 0.3 is 0 Å². The average Bonchev–Trinajstić information content (AvgIpc) is 3.38. The zero-order chi connectivity index (χ0) is 27.2. The van der Waals surface area contributed by atoms with E-state index >= 15 is 0 Å². The second-order valence-electron chi connectivity index (χ2n) is 9.20. The van der Waals surface area contributed by atoms with Gasteiger partial charge in [-0.1, -0.05) is 34.1 Å². The van der Waals surface area contributed by atoms with Gasteiger partial charge in [0.1, 0.15) is 31.1 Å². The van der Waals surface area contributed by atoms with Gasteiger partial charge in [0.05, 0.1) is 24.6 Å². The predicted molar refractivity (Wildman–Crippen MR) is 150 cm³/mol. The number of amides is 1. The van der Waals surface area contributed by atoms with E-state index in [4.69, 9.17) is 9.84 Å². The van der Waals surface area contributed by atoms with E-state index in [1.807, 2.05) is 30.3 Å². The number of carbonyl (C=O) groups excluding carboxylic acids is 2. The molecule has 7 nitrogen and oxygen atoms in total. The van der Waals surface area contributed by atoms with Gasteiger partial charge in [0, 0.05) is 27.4 Å². The smallest absolute Gasteiger partial charge is 0.255 e. The fourth-order valence-corrected chi connectivity index (χ4v) is 4.60. The van der Waals surface area contributed by atoms with E-state index in [1.54, 1.807) is 53.4 Å². The van der Waals surface area contributed by atoms with E-state index in [9.17, 15) is 14.0 Å². The first-order chi connectivity index (χ1) is 19.0. The van der Waals surface area contributed by atoms with Crippen LogP contribution in [0, 0.1) is 5.82 Å². The van der Waals surface area contributed by atoms with Gasteiger partial charge in [-0.3, -0.25) is 9.59 Å². The number of nitrogens with zero attached hydrogens (tertiary/aromatic N) is 2. The van der Waals surface area contributed by atoms with E-state index in [2.05, 4.69) is 21.2 Å². The van der Waals surface area contributed by atoms with Gasteiger partial charge in [0.15, 0.2) is 0 Å². The number of hydrogen-bond acceptors (Lipinski definition) is 4. The van der Waals surface area contributed by atoms with Crippen molar-refractivity contribution in [1.82, 2.24) is 15.1 Å². The number of morpholine rings is 1. The maximum atomic E-state index is 13.7. The third kappa shape index (κ3) is 6.75. The number of halogens is 2. The highest BCUT2D eigenvalue weighted by Gasteiger charge is 2.23. The van der Waals surface area contributed by atoms with Crippen molar-refractivity contribution in [3.8, 4) is 16.9 Å². The molecule has 0 saturated carbocycles. The normalized spacial score (nSPS) is 14.3. The highest BCUT2D eigenvalue weighted by atomic mass is 79.9. The highest BCUT2D eigenvalue weighted by Crippen LogP contribution is 2.26. The Morgan fingerprint density at radius 2 is 1.69 bits per heavy atom. The maximum Gasteiger partial charge on any atom is 0.255 e. The topological polar surface area (TPSA) is 77.7 Å². The second-order valence-corrected chi connectivity index (χ2v) is 10.1. The van der Waals surface area contributed by atoms with Crippen molar-refractivity contribution in [2.45, 2.75) is 0 Å². The summed E-state index contributed by atoms with van der Waals surface area (Å²) in [5, 5.41) is 7.60. The Hall–Kier alpha value is -3.92. The fraction of sp³-hybridized carbons (Fsp3) is 0.167. The molecule has 3 aromatic carbocycles. The van der Waals surface area contributed by atoms with Gasteiger partial charge in [-0.05, 0) is 66.7 Å². The third-order valence-corrected chi connectivity index (χ3v) is 6.97. The number of para-hydroxylation sites is 1. The van der Waals surface area contributed by atoms with Crippen LogP contribution in [0.2, 0.25) is 0 Å². The zero-order valence-electron chi connectivity index (χ0n) is 21.1. The number of Topliss-reactive ketones (excluding diaryl/α,β-unsaturated/α-hetero) is 1. The monoisotopic (exact) mass is 589 g/mol. The Labute approximate surface area is 234 Å². The van der Waals surface area contributed by atoms with Crippen molar-refractivity contribution in [2.24, 2.45) is 0 Å². The molecule has 1 amide bonds. The van der Waals surface area contributed by atoms with Crippen LogP contribution in [0.5, 0.6) is 0 Å². The zero-order valence-corrected chi connectivity index (χ0v) is 22.7. The summed E-state index contributed by atoms with van der Waals surface area (Å²) in [5.41, 5.74) is 3.27. The molecular weight excluding hydrogens is 563 g/mol. The van der Waals surface area contributed by atoms with Gasteiger partial charge in [-0.15, -0.1) is 0 Å². The van der Waals surface area contributed by atoms with Crippen LogP contribution in [0.1, 0.15) is 15.9 Å². The first-order valence-corrected chi connectivity index (χ1v) is 13.4. The van der Waals surface area contributed by atoms with E-state index in [0.29, 0.717) is 48.7 Å². The summed E-state index contributed by atoms with van der Waals surface area (Å²) in [4.78, 5) is 27.8. The Kier molecular flexibility index (Phi) is 8.41. The maximum absolute atomic E-state index is 13.7. The van der Waals surface area contributed by atoms with Gasteiger partial charge in [-0.2, -0.15) is 5.10 Å². The molecule has 0 aliphatic carbocycles. The van der Waals surface area contributed by atoms with Crippen LogP contribution in [0.3, 0.4) is 0 Å². The summed E-state index contributed by atoms with van der Waals surface area (Å²) in [6.07, 6.45) is 3.46. The highest BCUT2D eigenvalue weighted by molar-refractivity contribution is 9.10. The number of benzene rings is 3. The van der Waals surface area contributed by atoms with Crippen molar-refractivity contribution in [3.05, 3.63) is 112 Å². The quantitative estimate of drug-likeness (QED) is 0.307. The molecule has 0 atom stereocenters. The molecule has 1 aromatic heterocycles. The first-order valence-electron chi connectivity index (χ1n) is 12.6. The number of hydrogen-bond donors (Lipinski definition) is 2.